The van der Waals surface area contributed by atoms with Crippen molar-refractivity contribution in [1.29, 1.82) is 0 Å². The van der Waals surface area contributed by atoms with E-state index in [9.17, 15) is 9.59 Å². The Hall–Kier alpha value is -2.41. The van der Waals surface area contributed by atoms with Crippen LogP contribution in [0.1, 0.15) is 17.5 Å². The summed E-state index contributed by atoms with van der Waals surface area (Å²) in [5.41, 5.74) is 2.43. The van der Waals surface area contributed by atoms with Gasteiger partial charge in [-0.25, -0.2) is 0 Å². The lowest BCUT2D eigenvalue weighted by Crippen LogP contribution is -2.39. The SMILES string of the molecule is Cc1ccc(C2=C(Sc3ccccc3)C(=O)N(CCCN3CCOCC3)C2=O)cc1. The van der Waals surface area contributed by atoms with Gasteiger partial charge < -0.3 is 4.74 Å². The zero-order valence-corrected chi connectivity index (χ0v) is 18.0. The smallest absolute Gasteiger partial charge is 0.268 e. The first kappa shape index (κ1) is 20.8. The van der Waals surface area contributed by atoms with Crippen molar-refractivity contribution in [3.8, 4) is 0 Å². The fourth-order valence-corrected chi connectivity index (χ4v) is 4.74. The molecule has 0 radical (unpaired) electrons. The normalized spacial score (nSPS) is 17.8. The maximum atomic E-state index is 13.3. The van der Waals surface area contributed by atoms with Crippen molar-refractivity contribution in [2.45, 2.75) is 18.2 Å². The van der Waals surface area contributed by atoms with E-state index < -0.39 is 0 Å². The second-order valence-electron chi connectivity index (χ2n) is 7.55. The average molecular weight is 423 g/mol. The molecule has 2 aromatic carbocycles. The molecular formula is C24H26N2O3S. The predicted octanol–water partition coefficient (Wildman–Crippen LogP) is 3.59. The van der Waals surface area contributed by atoms with Gasteiger partial charge in [0.2, 0.25) is 0 Å². The van der Waals surface area contributed by atoms with Crippen molar-refractivity contribution in [1.82, 2.24) is 9.80 Å². The molecular weight excluding hydrogens is 396 g/mol. The number of amides is 2. The van der Waals surface area contributed by atoms with Crippen LogP contribution in [0.2, 0.25) is 0 Å². The highest BCUT2D eigenvalue weighted by atomic mass is 32.2. The lowest BCUT2D eigenvalue weighted by atomic mass is 10.0. The van der Waals surface area contributed by atoms with E-state index in [2.05, 4.69) is 4.90 Å². The molecule has 6 heteroatoms. The van der Waals surface area contributed by atoms with E-state index in [-0.39, 0.29) is 11.8 Å². The summed E-state index contributed by atoms with van der Waals surface area (Å²) in [7, 11) is 0. The average Bonchev–Trinajstić information content (AvgIpc) is 3.00. The number of imide groups is 1. The Labute approximate surface area is 181 Å². The quantitative estimate of drug-likeness (QED) is 0.639. The van der Waals surface area contributed by atoms with Crippen molar-refractivity contribution in [3.05, 3.63) is 70.6 Å². The third-order valence-corrected chi connectivity index (χ3v) is 6.48. The van der Waals surface area contributed by atoms with Gasteiger partial charge >= 0.3 is 0 Å². The molecule has 0 atom stereocenters. The van der Waals surface area contributed by atoms with Gasteiger partial charge in [-0.2, -0.15) is 0 Å². The van der Waals surface area contributed by atoms with Crippen LogP contribution >= 0.6 is 11.8 Å². The topological polar surface area (TPSA) is 49.9 Å². The highest BCUT2D eigenvalue weighted by molar-refractivity contribution is 8.04. The van der Waals surface area contributed by atoms with Crippen molar-refractivity contribution >= 4 is 29.1 Å². The van der Waals surface area contributed by atoms with Gasteiger partial charge in [-0.1, -0.05) is 59.8 Å². The number of aryl methyl sites for hydroxylation is 1. The minimum atomic E-state index is -0.190. The summed E-state index contributed by atoms with van der Waals surface area (Å²) in [6.45, 7) is 6.62. The number of nitrogens with zero attached hydrogens (tertiary/aromatic N) is 2. The highest BCUT2D eigenvalue weighted by Gasteiger charge is 2.39. The molecule has 4 rings (SSSR count). The van der Waals surface area contributed by atoms with Gasteiger partial charge in [0, 0.05) is 31.1 Å². The lowest BCUT2D eigenvalue weighted by Gasteiger charge is -2.27. The number of carbonyl (C=O) groups is 2. The van der Waals surface area contributed by atoms with Crippen LogP contribution in [0.25, 0.3) is 5.57 Å². The fraction of sp³-hybridized carbons (Fsp3) is 0.333. The fourth-order valence-electron chi connectivity index (χ4n) is 3.71. The molecule has 2 amide bonds. The summed E-state index contributed by atoms with van der Waals surface area (Å²) >= 11 is 1.38. The van der Waals surface area contributed by atoms with Crippen LogP contribution in [0.3, 0.4) is 0 Å². The largest absolute Gasteiger partial charge is 0.379 e. The number of morpholine rings is 1. The molecule has 30 heavy (non-hydrogen) atoms. The van der Waals surface area contributed by atoms with E-state index in [1.807, 2.05) is 61.5 Å². The summed E-state index contributed by atoms with van der Waals surface area (Å²) in [6, 6.07) is 17.6. The number of ether oxygens (including phenoxy) is 1. The Morgan fingerprint density at radius 2 is 1.60 bits per heavy atom. The maximum absolute atomic E-state index is 13.3. The molecule has 2 aliphatic rings. The minimum absolute atomic E-state index is 0.189. The van der Waals surface area contributed by atoms with E-state index in [0.29, 0.717) is 17.0 Å². The summed E-state index contributed by atoms with van der Waals surface area (Å²) < 4.78 is 5.39. The molecule has 0 N–H and O–H groups in total. The van der Waals surface area contributed by atoms with Crippen LogP contribution < -0.4 is 0 Å². The number of thioether (sulfide) groups is 1. The standard InChI is InChI=1S/C24H26N2O3S/c1-18-8-10-19(11-9-18)21-22(30-20-6-3-2-4-7-20)24(28)26(23(21)27)13-5-12-25-14-16-29-17-15-25/h2-4,6-11H,5,12-17H2,1H3. The third kappa shape index (κ3) is 4.67. The number of rotatable bonds is 7. The maximum Gasteiger partial charge on any atom is 0.268 e. The van der Waals surface area contributed by atoms with E-state index in [1.54, 1.807) is 0 Å². The van der Waals surface area contributed by atoms with Crippen LogP contribution in [0.4, 0.5) is 0 Å². The molecule has 0 saturated carbocycles. The Morgan fingerprint density at radius 3 is 2.30 bits per heavy atom. The molecule has 0 spiro atoms. The number of carbonyl (C=O) groups excluding carboxylic acids is 2. The minimum Gasteiger partial charge on any atom is -0.379 e. The number of hydrogen-bond donors (Lipinski definition) is 0. The summed E-state index contributed by atoms with van der Waals surface area (Å²) in [5, 5.41) is 0. The molecule has 2 aromatic rings. The van der Waals surface area contributed by atoms with E-state index in [0.717, 1.165) is 55.3 Å². The highest BCUT2D eigenvalue weighted by Crippen LogP contribution is 2.39. The number of hydrogen-bond acceptors (Lipinski definition) is 5. The van der Waals surface area contributed by atoms with Gasteiger partial charge in [0.1, 0.15) is 0 Å². The zero-order valence-electron chi connectivity index (χ0n) is 17.2. The van der Waals surface area contributed by atoms with Crippen molar-refractivity contribution in [2.75, 3.05) is 39.4 Å². The Kier molecular flexibility index (Phi) is 6.67. The molecule has 5 nitrogen and oxygen atoms in total. The Bertz CT molecular complexity index is 935. The van der Waals surface area contributed by atoms with Crippen LogP contribution in [0, 0.1) is 6.92 Å². The Morgan fingerprint density at radius 1 is 0.900 bits per heavy atom. The zero-order chi connectivity index (χ0) is 20.9. The van der Waals surface area contributed by atoms with Crippen LogP contribution in [-0.4, -0.2) is 61.0 Å². The summed E-state index contributed by atoms with van der Waals surface area (Å²) in [6.07, 6.45) is 0.766. The van der Waals surface area contributed by atoms with Crippen LogP contribution in [0.5, 0.6) is 0 Å². The first-order valence-corrected chi connectivity index (χ1v) is 11.2. The Balaban J connectivity index is 1.54. The first-order chi connectivity index (χ1) is 14.6. The van der Waals surface area contributed by atoms with Gasteiger partial charge in [-0.15, -0.1) is 0 Å². The second-order valence-corrected chi connectivity index (χ2v) is 8.64. The van der Waals surface area contributed by atoms with Gasteiger partial charge in [0.25, 0.3) is 11.8 Å². The first-order valence-electron chi connectivity index (χ1n) is 10.3. The summed E-state index contributed by atoms with van der Waals surface area (Å²) in [5.74, 6) is -0.379. The molecule has 1 saturated heterocycles. The lowest BCUT2D eigenvalue weighted by molar-refractivity contribution is -0.136. The van der Waals surface area contributed by atoms with Crippen molar-refractivity contribution in [3.63, 3.8) is 0 Å². The van der Waals surface area contributed by atoms with Gasteiger partial charge in [0.05, 0.1) is 23.7 Å². The molecule has 0 bridgehead atoms. The molecule has 0 aromatic heterocycles. The molecule has 2 heterocycles. The van der Waals surface area contributed by atoms with Crippen molar-refractivity contribution < 1.29 is 14.3 Å². The number of benzene rings is 2. The third-order valence-electron chi connectivity index (χ3n) is 5.39. The molecule has 2 aliphatic heterocycles. The van der Waals surface area contributed by atoms with E-state index in [4.69, 9.17) is 4.74 Å². The van der Waals surface area contributed by atoms with Crippen LogP contribution in [0.15, 0.2) is 64.4 Å². The van der Waals surface area contributed by atoms with Crippen LogP contribution in [-0.2, 0) is 14.3 Å². The summed E-state index contributed by atoms with van der Waals surface area (Å²) in [4.78, 5) is 31.7. The molecule has 1 fully saturated rings. The molecule has 156 valence electrons. The van der Waals surface area contributed by atoms with Gasteiger partial charge in [-0.05, 0) is 31.0 Å². The second kappa shape index (κ2) is 9.60. The predicted molar refractivity (Wildman–Crippen MR) is 119 cm³/mol. The van der Waals surface area contributed by atoms with E-state index in [1.165, 1.54) is 16.7 Å². The van der Waals surface area contributed by atoms with Gasteiger partial charge in [-0.3, -0.25) is 19.4 Å². The van der Waals surface area contributed by atoms with Crippen molar-refractivity contribution in [2.24, 2.45) is 0 Å². The molecule has 0 aliphatic carbocycles. The van der Waals surface area contributed by atoms with Gasteiger partial charge in [0.15, 0.2) is 0 Å². The monoisotopic (exact) mass is 422 g/mol. The van der Waals surface area contributed by atoms with E-state index >= 15 is 0 Å². The molecule has 0 unspecified atom stereocenters.